The highest BCUT2D eigenvalue weighted by atomic mass is 127. The second-order valence-electron chi connectivity index (χ2n) is 2.60. The summed E-state index contributed by atoms with van der Waals surface area (Å²) < 4.78 is 15.5. The maximum absolute atomic E-state index is 13.4. The molecule has 0 saturated heterocycles. The number of hydrogen-bond acceptors (Lipinski definition) is 1. The van der Waals surface area contributed by atoms with E-state index in [0.29, 0.717) is 5.33 Å². The van der Waals surface area contributed by atoms with Crippen molar-refractivity contribution in [1.82, 2.24) is 0 Å². The Balaban J connectivity index is 2.88. The largest absolute Gasteiger partial charge is 0.195 e. The summed E-state index contributed by atoms with van der Waals surface area (Å²) >= 11 is 6.76. The Kier molecular flexibility index (Phi) is 2.90. The van der Waals surface area contributed by atoms with Crippen LogP contribution in [0.1, 0.15) is 5.56 Å². The zero-order valence-electron chi connectivity index (χ0n) is 6.48. The molecule has 1 heterocycles. The molecule has 0 fully saturated rings. The van der Waals surface area contributed by atoms with Crippen molar-refractivity contribution in [3.05, 3.63) is 32.5 Å². The number of rotatable bonds is 1. The molecule has 68 valence electrons. The standard InChI is InChI=1S/C9H5BrFIS/c10-4-5-8-6(12)2-1-3-7(8)13-9(5)11/h1-3H,4H2. The summed E-state index contributed by atoms with van der Waals surface area (Å²) in [6.07, 6.45) is 0. The van der Waals surface area contributed by atoms with Crippen LogP contribution in [0.3, 0.4) is 0 Å². The quantitative estimate of drug-likeness (QED) is 0.510. The van der Waals surface area contributed by atoms with Crippen LogP contribution in [0.2, 0.25) is 0 Å². The average molecular weight is 371 g/mol. The number of alkyl halides is 1. The first-order chi connectivity index (χ1) is 6.24. The number of halogens is 3. The summed E-state index contributed by atoms with van der Waals surface area (Å²) in [6.45, 7) is 0. The molecule has 1 aromatic carbocycles. The number of fused-ring (bicyclic) bond motifs is 1. The summed E-state index contributed by atoms with van der Waals surface area (Å²) in [5.41, 5.74) is 0.782. The lowest BCUT2D eigenvalue weighted by Gasteiger charge is -1.96. The fraction of sp³-hybridized carbons (Fsp3) is 0.111. The Labute approximate surface area is 101 Å². The second-order valence-corrected chi connectivity index (χ2v) is 5.33. The Bertz CT molecular complexity index is 452. The summed E-state index contributed by atoms with van der Waals surface area (Å²) in [5.74, 6) is 0. The van der Waals surface area contributed by atoms with Crippen molar-refractivity contribution in [2.75, 3.05) is 0 Å². The third-order valence-corrected chi connectivity index (χ3v) is 4.29. The molecular weight excluding hydrogens is 366 g/mol. The average Bonchev–Trinajstić information content (AvgIpc) is 2.42. The van der Waals surface area contributed by atoms with E-state index in [9.17, 15) is 4.39 Å². The SMILES string of the molecule is Fc1sc2cccc(I)c2c1CBr. The van der Waals surface area contributed by atoms with Gasteiger partial charge < -0.3 is 0 Å². The van der Waals surface area contributed by atoms with Gasteiger partial charge in [-0.05, 0) is 34.7 Å². The van der Waals surface area contributed by atoms with Crippen molar-refractivity contribution >= 4 is 59.9 Å². The van der Waals surface area contributed by atoms with E-state index in [4.69, 9.17) is 0 Å². The zero-order valence-corrected chi connectivity index (χ0v) is 11.0. The first-order valence-electron chi connectivity index (χ1n) is 3.65. The van der Waals surface area contributed by atoms with Gasteiger partial charge in [-0.1, -0.05) is 22.0 Å². The van der Waals surface area contributed by atoms with Gasteiger partial charge in [0.1, 0.15) is 0 Å². The van der Waals surface area contributed by atoms with Gasteiger partial charge in [-0.15, -0.1) is 11.3 Å². The number of benzene rings is 1. The second kappa shape index (κ2) is 3.82. The van der Waals surface area contributed by atoms with Crippen LogP contribution in [0.15, 0.2) is 18.2 Å². The number of hydrogen-bond donors (Lipinski definition) is 0. The van der Waals surface area contributed by atoms with Gasteiger partial charge in [0.25, 0.3) is 0 Å². The summed E-state index contributed by atoms with van der Waals surface area (Å²) in [6, 6.07) is 5.91. The van der Waals surface area contributed by atoms with Crippen LogP contribution in [-0.4, -0.2) is 0 Å². The molecule has 0 aliphatic rings. The van der Waals surface area contributed by atoms with Crippen molar-refractivity contribution in [3.63, 3.8) is 0 Å². The van der Waals surface area contributed by atoms with Crippen molar-refractivity contribution in [2.24, 2.45) is 0 Å². The first kappa shape index (κ1) is 9.86. The molecule has 4 heteroatoms. The predicted octanol–water partition coefficient (Wildman–Crippen LogP) is 4.54. The molecule has 0 nitrogen and oxygen atoms in total. The molecule has 0 N–H and O–H groups in total. The van der Waals surface area contributed by atoms with E-state index >= 15 is 0 Å². The minimum atomic E-state index is -0.0732. The molecule has 0 bridgehead atoms. The van der Waals surface area contributed by atoms with E-state index < -0.39 is 0 Å². The lowest BCUT2D eigenvalue weighted by molar-refractivity contribution is 0.649. The van der Waals surface area contributed by atoms with Gasteiger partial charge in [0.15, 0.2) is 5.13 Å². The lowest BCUT2D eigenvalue weighted by atomic mass is 10.2. The summed E-state index contributed by atoms with van der Waals surface area (Å²) in [5, 5.41) is 1.57. The highest BCUT2D eigenvalue weighted by Gasteiger charge is 2.12. The molecule has 0 saturated carbocycles. The molecule has 0 spiro atoms. The van der Waals surface area contributed by atoms with E-state index in [-0.39, 0.29) is 5.13 Å². The number of thiophene rings is 1. The minimum Gasteiger partial charge on any atom is -0.195 e. The molecule has 0 aliphatic carbocycles. The van der Waals surface area contributed by atoms with Gasteiger partial charge in [-0.2, -0.15) is 4.39 Å². The Hall–Kier alpha value is 0.320. The van der Waals surface area contributed by atoms with Crippen LogP contribution < -0.4 is 0 Å². The highest BCUT2D eigenvalue weighted by Crippen LogP contribution is 2.34. The van der Waals surface area contributed by atoms with E-state index in [1.54, 1.807) is 0 Å². The molecule has 0 aliphatic heterocycles. The van der Waals surface area contributed by atoms with Crippen LogP contribution in [0.4, 0.5) is 4.39 Å². The normalized spacial score (nSPS) is 11.0. The fourth-order valence-corrected chi connectivity index (χ4v) is 3.95. The van der Waals surface area contributed by atoms with E-state index in [1.165, 1.54) is 11.3 Å². The van der Waals surface area contributed by atoms with Gasteiger partial charge in [-0.3, -0.25) is 0 Å². The zero-order chi connectivity index (χ0) is 9.42. The van der Waals surface area contributed by atoms with Gasteiger partial charge in [-0.25, -0.2) is 0 Å². The van der Waals surface area contributed by atoms with Crippen molar-refractivity contribution in [2.45, 2.75) is 5.33 Å². The van der Waals surface area contributed by atoms with Crippen LogP contribution in [-0.2, 0) is 5.33 Å². The predicted molar refractivity (Wildman–Crippen MR) is 67.1 cm³/mol. The highest BCUT2D eigenvalue weighted by molar-refractivity contribution is 14.1. The first-order valence-corrected chi connectivity index (χ1v) is 6.67. The molecule has 1 aromatic heterocycles. The van der Waals surface area contributed by atoms with Crippen molar-refractivity contribution in [1.29, 1.82) is 0 Å². The minimum absolute atomic E-state index is 0.0732. The van der Waals surface area contributed by atoms with Gasteiger partial charge in [0.05, 0.1) is 0 Å². The van der Waals surface area contributed by atoms with Gasteiger partial charge >= 0.3 is 0 Å². The van der Waals surface area contributed by atoms with Crippen LogP contribution in [0, 0.1) is 8.70 Å². The Morgan fingerprint density at radius 3 is 2.92 bits per heavy atom. The maximum atomic E-state index is 13.4. The Morgan fingerprint density at radius 2 is 2.23 bits per heavy atom. The van der Waals surface area contributed by atoms with Crippen LogP contribution >= 0.6 is 49.9 Å². The summed E-state index contributed by atoms with van der Waals surface area (Å²) in [4.78, 5) is 0. The van der Waals surface area contributed by atoms with Gasteiger partial charge in [0.2, 0.25) is 0 Å². The van der Waals surface area contributed by atoms with Crippen LogP contribution in [0.25, 0.3) is 10.1 Å². The monoisotopic (exact) mass is 370 g/mol. The van der Waals surface area contributed by atoms with Crippen molar-refractivity contribution < 1.29 is 4.39 Å². The van der Waals surface area contributed by atoms with Gasteiger partial charge in [0, 0.05) is 24.5 Å². The van der Waals surface area contributed by atoms with Crippen molar-refractivity contribution in [3.8, 4) is 0 Å². The fourth-order valence-electron chi connectivity index (χ4n) is 1.26. The van der Waals surface area contributed by atoms with E-state index in [2.05, 4.69) is 38.5 Å². The van der Waals surface area contributed by atoms with E-state index in [1.807, 2.05) is 18.2 Å². The molecule has 0 unspecified atom stereocenters. The van der Waals surface area contributed by atoms with E-state index in [0.717, 1.165) is 19.2 Å². The van der Waals surface area contributed by atoms with Crippen LogP contribution in [0.5, 0.6) is 0 Å². The molecule has 2 aromatic rings. The maximum Gasteiger partial charge on any atom is 0.181 e. The lowest BCUT2D eigenvalue weighted by Crippen LogP contribution is -1.80. The smallest absolute Gasteiger partial charge is 0.181 e. The third-order valence-electron chi connectivity index (χ3n) is 1.85. The molecule has 0 atom stereocenters. The molecule has 2 rings (SSSR count). The molecule has 13 heavy (non-hydrogen) atoms. The Morgan fingerprint density at radius 1 is 1.46 bits per heavy atom. The third kappa shape index (κ3) is 1.64. The topological polar surface area (TPSA) is 0 Å². The molecule has 0 amide bonds. The molecule has 0 radical (unpaired) electrons. The molecular formula is C9H5BrFIS. The summed E-state index contributed by atoms with van der Waals surface area (Å²) in [7, 11) is 0.